The van der Waals surface area contributed by atoms with Crippen molar-refractivity contribution in [3.8, 4) is 0 Å². The Morgan fingerprint density at radius 1 is 1.20 bits per heavy atom. The van der Waals surface area contributed by atoms with E-state index in [0.29, 0.717) is 18.2 Å². The average molecular weight is 422 g/mol. The summed E-state index contributed by atoms with van der Waals surface area (Å²) in [6.45, 7) is 0.686. The summed E-state index contributed by atoms with van der Waals surface area (Å²) >= 11 is 6.01. The van der Waals surface area contributed by atoms with Crippen molar-refractivity contribution >= 4 is 34.6 Å². The van der Waals surface area contributed by atoms with Crippen molar-refractivity contribution in [2.45, 2.75) is 25.2 Å². The molecule has 0 aliphatic heterocycles. The number of nitrogens with zero attached hydrogens (tertiary/aromatic N) is 2. The van der Waals surface area contributed by atoms with Crippen LogP contribution in [0.5, 0.6) is 0 Å². The van der Waals surface area contributed by atoms with Gasteiger partial charge in [0.15, 0.2) is 0 Å². The molecule has 4 rings (SSSR count). The average Bonchev–Trinajstić information content (AvgIpc) is 2.77. The highest BCUT2D eigenvalue weighted by Gasteiger charge is 2.22. The molecule has 2 N–H and O–H groups in total. The van der Waals surface area contributed by atoms with Gasteiger partial charge in [0.25, 0.3) is 0 Å². The van der Waals surface area contributed by atoms with Crippen LogP contribution in [0.3, 0.4) is 0 Å². The zero-order valence-electron chi connectivity index (χ0n) is 16.8. The number of carboxylic acid groups (broad SMARTS) is 1. The Labute approximate surface area is 181 Å². The number of aromatic carboxylic acids is 1. The van der Waals surface area contributed by atoms with Crippen LogP contribution < -0.4 is 10.2 Å². The first-order chi connectivity index (χ1) is 14.5. The molecule has 0 radical (unpaired) electrons. The van der Waals surface area contributed by atoms with E-state index in [9.17, 15) is 9.90 Å². The molecule has 154 valence electrons. The highest BCUT2D eigenvalue weighted by molar-refractivity contribution is 6.30. The van der Waals surface area contributed by atoms with E-state index >= 15 is 0 Å². The number of aryl methyl sites for hydroxylation is 1. The fourth-order valence-corrected chi connectivity index (χ4v) is 4.22. The number of halogens is 1. The molecule has 6 heteroatoms. The maximum absolute atomic E-state index is 11.4. The lowest BCUT2D eigenvalue weighted by molar-refractivity contribution is 0.0698. The van der Waals surface area contributed by atoms with E-state index in [-0.39, 0.29) is 5.56 Å². The Hall–Kier alpha value is -3.05. The highest BCUT2D eigenvalue weighted by Crippen LogP contribution is 2.35. The SMILES string of the molecule is CN(c1ccc(Cl)cc1)c1ccc2c(c1)CCC[C@H]2CNc1cnccc1C(=O)O. The molecule has 0 amide bonds. The van der Waals surface area contributed by atoms with Crippen molar-refractivity contribution < 1.29 is 9.90 Å². The number of hydrogen-bond donors (Lipinski definition) is 2. The maximum atomic E-state index is 11.4. The van der Waals surface area contributed by atoms with Crippen LogP contribution in [0.25, 0.3) is 0 Å². The largest absolute Gasteiger partial charge is 0.478 e. The molecular formula is C24H24ClN3O2. The monoisotopic (exact) mass is 421 g/mol. The predicted molar refractivity (Wildman–Crippen MR) is 121 cm³/mol. The Kier molecular flexibility index (Phi) is 5.91. The molecule has 0 unspecified atom stereocenters. The molecular weight excluding hydrogens is 398 g/mol. The smallest absolute Gasteiger partial charge is 0.337 e. The van der Waals surface area contributed by atoms with Crippen LogP contribution in [-0.2, 0) is 6.42 Å². The summed E-state index contributed by atoms with van der Waals surface area (Å²) in [5.74, 6) is -0.607. The van der Waals surface area contributed by atoms with Gasteiger partial charge in [-0.2, -0.15) is 0 Å². The fourth-order valence-electron chi connectivity index (χ4n) is 4.09. The molecule has 0 saturated carbocycles. The van der Waals surface area contributed by atoms with Gasteiger partial charge in [0.05, 0.1) is 17.4 Å². The molecule has 1 heterocycles. The van der Waals surface area contributed by atoms with Crippen molar-refractivity contribution in [1.29, 1.82) is 0 Å². The molecule has 30 heavy (non-hydrogen) atoms. The van der Waals surface area contributed by atoms with Gasteiger partial charge in [-0.15, -0.1) is 0 Å². The van der Waals surface area contributed by atoms with Gasteiger partial charge in [0.2, 0.25) is 0 Å². The second-order valence-corrected chi connectivity index (χ2v) is 8.05. The van der Waals surface area contributed by atoms with Crippen molar-refractivity contribution in [3.05, 3.63) is 82.6 Å². The van der Waals surface area contributed by atoms with Crippen LogP contribution in [0.15, 0.2) is 60.9 Å². The van der Waals surface area contributed by atoms with Gasteiger partial charge < -0.3 is 15.3 Å². The number of hydrogen-bond acceptors (Lipinski definition) is 4. The van der Waals surface area contributed by atoms with E-state index in [1.807, 2.05) is 24.3 Å². The number of carboxylic acids is 1. The molecule has 0 fully saturated rings. The summed E-state index contributed by atoms with van der Waals surface area (Å²) in [5.41, 5.74) is 5.74. The van der Waals surface area contributed by atoms with Gasteiger partial charge in [-0.1, -0.05) is 17.7 Å². The number of pyridine rings is 1. The van der Waals surface area contributed by atoms with Crippen LogP contribution in [0, 0.1) is 0 Å². The van der Waals surface area contributed by atoms with E-state index < -0.39 is 5.97 Å². The lowest BCUT2D eigenvalue weighted by atomic mass is 9.82. The maximum Gasteiger partial charge on any atom is 0.337 e. The lowest BCUT2D eigenvalue weighted by Crippen LogP contribution is -2.20. The minimum absolute atomic E-state index is 0.251. The quantitative estimate of drug-likeness (QED) is 0.531. The molecule has 1 aliphatic carbocycles. The molecule has 3 aromatic rings. The topological polar surface area (TPSA) is 65.5 Å². The normalized spacial score (nSPS) is 15.3. The third-order valence-electron chi connectivity index (χ3n) is 5.76. The lowest BCUT2D eigenvalue weighted by Gasteiger charge is -2.28. The summed E-state index contributed by atoms with van der Waals surface area (Å²) < 4.78 is 0. The molecule has 0 bridgehead atoms. The molecule has 1 atom stereocenters. The summed E-state index contributed by atoms with van der Waals surface area (Å²) in [4.78, 5) is 17.6. The van der Waals surface area contributed by atoms with Crippen molar-refractivity contribution in [1.82, 2.24) is 4.98 Å². The van der Waals surface area contributed by atoms with Crippen LogP contribution in [0.4, 0.5) is 17.1 Å². The van der Waals surface area contributed by atoms with Crippen molar-refractivity contribution in [2.75, 3.05) is 23.8 Å². The first-order valence-corrected chi connectivity index (χ1v) is 10.4. The van der Waals surface area contributed by atoms with E-state index in [1.165, 1.54) is 23.4 Å². The number of benzene rings is 2. The molecule has 1 aliphatic rings. The van der Waals surface area contributed by atoms with E-state index in [0.717, 1.165) is 35.7 Å². The van der Waals surface area contributed by atoms with Crippen LogP contribution in [0.2, 0.25) is 5.02 Å². The molecule has 0 saturated heterocycles. The Balaban J connectivity index is 1.52. The van der Waals surface area contributed by atoms with Crippen LogP contribution in [0.1, 0.15) is 40.2 Å². The van der Waals surface area contributed by atoms with Gasteiger partial charge in [-0.3, -0.25) is 4.98 Å². The number of nitrogens with one attached hydrogen (secondary N) is 1. The fraction of sp³-hybridized carbons (Fsp3) is 0.250. The second kappa shape index (κ2) is 8.76. The van der Waals surface area contributed by atoms with E-state index in [2.05, 4.69) is 40.4 Å². The minimum Gasteiger partial charge on any atom is -0.478 e. The van der Waals surface area contributed by atoms with E-state index in [4.69, 9.17) is 11.6 Å². The summed E-state index contributed by atoms with van der Waals surface area (Å²) in [7, 11) is 2.06. The summed E-state index contributed by atoms with van der Waals surface area (Å²) in [6, 6.07) is 16.0. The second-order valence-electron chi connectivity index (χ2n) is 7.62. The number of rotatable bonds is 6. The van der Waals surface area contributed by atoms with E-state index in [1.54, 1.807) is 6.20 Å². The van der Waals surface area contributed by atoms with Gasteiger partial charge in [0.1, 0.15) is 0 Å². The molecule has 2 aromatic carbocycles. The summed E-state index contributed by atoms with van der Waals surface area (Å²) in [5, 5.41) is 13.4. The van der Waals surface area contributed by atoms with Crippen LogP contribution in [-0.4, -0.2) is 29.7 Å². The zero-order valence-corrected chi connectivity index (χ0v) is 17.6. The zero-order chi connectivity index (χ0) is 21.1. The molecule has 0 spiro atoms. The van der Waals surface area contributed by atoms with Crippen LogP contribution >= 0.6 is 11.6 Å². The summed E-state index contributed by atoms with van der Waals surface area (Å²) in [6.07, 6.45) is 6.34. The van der Waals surface area contributed by atoms with Gasteiger partial charge in [0, 0.05) is 42.1 Å². The standard InChI is InChI=1S/C24H24ClN3O2/c1-28(19-7-5-18(25)6-8-19)20-9-10-21-16(13-20)3-2-4-17(21)14-27-23-15-26-12-11-22(23)24(29)30/h5-13,15,17,27H,2-4,14H2,1H3,(H,29,30)/t17-/m0/s1. The third kappa shape index (κ3) is 4.26. The number of anilines is 3. The first-order valence-electron chi connectivity index (χ1n) is 10.1. The van der Waals surface area contributed by atoms with Gasteiger partial charge in [-0.05, 0) is 72.9 Å². The Morgan fingerprint density at radius 2 is 1.97 bits per heavy atom. The highest BCUT2D eigenvalue weighted by atomic mass is 35.5. The van der Waals surface area contributed by atoms with Crippen molar-refractivity contribution in [3.63, 3.8) is 0 Å². The number of carbonyl (C=O) groups is 1. The van der Waals surface area contributed by atoms with Gasteiger partial charge >= 0.3 is 5.97 Å². The minimum atomic E-state index is -0.946. The Morgan fingerprint density at radius 3 is 2.73 bits per heavy atom. The van der Waals surface area contributed by atoms with Crippen molar-refractivity contribution in [2.24, 2.45) is 0 Å². The predicted octanol–water partition coefficient (Wildman–Crippen LogP) is 5.73. The molecule has 5 nitrogen and oxygen atoms in total. The third-order valence-corrected chi connectivity index (χ3v) is 6.01. The first kappa shape index (κ1) is 20.2. The number of aromatic nitrogens is 1. The molecule has 1 aromatic heterocycles. The number of fused-ring (bicyclic) bond motifs is 1. The Bertz CT molecular complexity index is 1050. The van der Waals surface area contributed by atoms with Gasteiger partial charge in [-0.25, -0.2) is 4.79 Å².